The van der Waals surface area contributed by atoms with E-state index in [2.05, 4.69) is 15.0 Å². The van der Waals surface area contributed by atoms with Gasteiger partial charge in [0.2, 0.25) is 0 Å². The lowest BCUT2D eigenvalue weighted by atomic mass is 10.1. The fourth-order valence-electron chi connectivity index (χ4n) is 2.20. The zero-order valence-corrected chi connectivity index (χ0v) is 12.6. The van der Waals surface area contributed by atoms with Crippen LogP contribution < -0.4 is 9.57 Å². The van der Waals surface area contributed by atoms with E-state index in [1.807, 2.05) is 19.1 Å². The van der Waals surface area contributed by atoms with Crippen molar-refractivity contribution in [3.63, 3.8) is 0 Å². The lowest BCUT2D eigenvalue weighted by Crippen LogP contribution is -2.22. The SMILES string of the molecule is CCOc1ccc(S(=O)(=O)Nn2cnnc2)c2ccccc12. The van der Waals surface area contributed by atoms with Crippen molar-refractivity contribution >= 4 is 20.8 Å². The third-order valence-corrected chi connectivity index (χ3v) is 4.46. The Labute approximate surface area is 127 Å². The Kier molecular flexibility index (Phi) is 3.68. The smallest absolute Gasteiger partial charge is 0.276 e. The second-order valence-electron chi connectivity index (χ2n) is 4.50. The van der Waals surface area contributed by atoms with Gasteiger partial charge in [-0.1, -0.05) is 24.3 Å². The molecule has 0 saturated heterocycles. The Bertz CT molecular complexity index is 892. The predicted molar refractivity (Wildman–Crippen MR) is 81.7 cm³/mol. The van der Waals surface area contributed by atoms with Crippen LogP contribution in [0.25, 0.3) is 10.8 Å². The molecule has 0 radical (unpaired) electrons. The number of fused-ring (bicyclic) bond motifs is 1. The number of aromatic nitrogens is 3. The average Bonchev–Trinajstić information content (AvgIpc) is 3.00. The number of rotatable bonds is 5. The van der Waals surface area contributed by atoms with Gasteiger partial charge in [-0.3, -0.25) is 0 Å². The molecule has 0 spiro atoms. The van der Waals surface area contributed by atoms with E-state index in [1.165, 1.54) is 23.4 Å². The van der Waals surface area contributed by atoms with Crippen LogP contribution in [0.2, 0.25) is 0 Å². The number of sulfonamides is 1. The van der Waals surface area contributed by atoms with Gasteiger partial charge in [-0.15, -0.1) is 10.2 Å². The Morgan fingerprint density at radius 1 is 1.09 bits per heavy atom. The van der Waals surface area contributed by atoms with E-state index in [4.69, 9.17) is 4.74 Å². The van der Waals surface area contributed by atoms with Crippen LogP contribution in [0.1, 0.15) is 6.92 Å². The molecule has 3 aromatic rings. The molecule has 8 heteroatoms. The van der Waals surface area contributed by atoms with Crippen molar-refractivity contribution in [2.24, 2.45) is 0 Å². The first-order valence-corrected chi connectivity index (χ1v) is 8.12. The highest BCUT2D eigenvalue weighted by Gasteiger charge is 2.19. The van der Waals surface area contributed by atoms with E-state index in [0.717, 1.165) is 5.39 Å². The van der Waals surface area contributed by atoms with Gasteiger partial charge in [0.25, 0.3) is 10.0 Å². The molecule has 0 aliphatic rings. The van der Waals surface area contributed by atoms with Gasteiger partial charge in [-0.2, -0.15) is 8.42 Å². The van der Waals surface area contributed by atoms with E-state index in [-0.39, 0.29) is 4.90 Å². The quantitative estimate of drug-likeness (QED) is 0.774. The van der Waals surface area contributed by atoms with E-state index in [9.17, 15) is 8.42 Å². The highest BCUT2D eigenvalue weighted by molar-refractivity contribution is 7.92. The molecule has 1 heterocycles. The minimum atomic E-state index is -3.76. The molecule has 2 aromatic carbocycles. The molecule has 0 fully saturated rings. The Morgan fingerprint density at radius 2 is 1.77 bits per heavy atom. The van der Waals surface area contributed by atoms with Crippen LogP contribution in [0.15, 0.2) is 53.9 Å². The van der Waals surface area contributed by atoms with Gasteiger partial charge in [0.05, 0.1) is 11.5 Å². The summed E-state index contributed by atoms with van der Waals surface area (Å²) in [5, 5.41) is 8.47. The first-order valence-electron chi connectivity index (χ1n) is 6.64. The molecule has 1 aromatic heterocycles. The van der Waals surface area contributed by atoms with Crippen LogP contribution in [0.5, 0.6) is 5.75 Å². The average molecular weight is 318 g/mol. The normalized spacial score (nSPS) is 11.5. The maximum Gasteiger partial charge on any atom is 0.276 e. The lowest BCUT2D eigenvalue weighted by Gasteiger charge is -2.13. The van der Waals surface area contributed by atoms with Crippen molar-refractivity contribution in [3.05, 3.63) is 49.1 Å². The van der Waals surface area contributed by atoms with Crippen molar-refractivity contribution in [3.8, 4) is 5.75 Å². The van der Waals surface area contributed by atoms with Gasteiger partial charge in [0, 0.05) is 10.8 Å². The van der Waals surface area contributed by atoms with Gasteiger partial charge in [0.1, 0.15) is 18.4 Å². The Hall–Kier alpha value is -2.61. The molecule has 1 N–H and O–H groups in total. The Balaban J connectivity index is 2.13. The number of nitrogens with one attached hydrogen (secondary N) is 1. The second kappa shape index (κ2) is 5.64. The van der Waals surface area contributed by atoms with Crippen molar-refractivity contribution in [1.29, 1.82) is 0 Å². The third-order valence-electron chi connectivity index (χ3n) is 3.08. The van der Waals surface area contributed by atoms with E-state index >= 15 is 0 Å². The summed E-state index contributed by atoms with van der Waals surface area (Å²) in [5.41, 5.74) is 0. The monoisotopic (exact) mass is 318 g/mol. The predicted octanol–water partition coefficient (Wildman–Crippen LogP) is 1.76. The van der Waals surface area contributed by atoms with Crippen molar-refractivity contribution in [2.75, 3.05) is 11.4 Å². The van der Waals surface area contributed by atoms with Gasteiger partial charge in [0.15, 0.2) is 0 Å². The van der Waals surface area contributed by atoms with Gasteiger partial charge < -0.3 is 4.74 Å². The van der Waals surface area contributed by atoms with Crippen molar-refractivity contribution in [2.45, 2.75) is 11.8 Å². The highest BCUT2D eigenvalue weighted by atomic mass is 32.2. The number of benzene rings is 2. The summed E-state index contributed by atoms with van der Waals surface area (Å²) in [6.07, 6.45) is 2.54. The molecule has 3 rings (SSSR count). The second-order valence-corrected chi connectivity index (χ2v) is 6.13. The van der Waals surface area contributed by atoms with Crippen LogP contribution in [0.3, 0.4) is 0 Å². The number of hydrogen-bond acceptors (Lipinski definition) is 5. The molecule has 0 unspecified atom stereocenters. The van der Waals surface area contributed by atoms with E-state index in [0.29, 0.717) is 17.7 Å². The van der Waals surface area contributed by atoms with Gasteiger partial charge >= 0.3 is 0 Å². The maximum atomic E-state index is 12.6. The van der Waals surface area contributed by atoms with Gasteiger partial charge in [-0.25, -0.2) is 9.51 Å². The molecule has 0 atom stereocenters. The molecule has 114 valence electrons. The summed E-state index contributed by atoms with van der Waals surface area (Å²) in [4.78, 5) is 2.55. The fourth-order valence-corrected chi connectivity index (χ4v) is 3.38. The molecule has 0 bridgehead atoms. The highest BCUT2D eigenvalue weighted by Crippen LogP contribution is 2.31. The van der Waals surface area contributed by atoms with Crippen LogP contribution >= 0.6 is 0 Å². The zero-order chi connectivity index (χ0) is 15.6. The molecule has 0 aliphatic carbocycles. The summed E-state index contributed by atoms with van der Waals surface area (Å²) in [5.74, 6) is 0.654. The first kappa shape index (κ1) is 14.3. The van der Waals surface area contributed by atoms with Crippen molar-refractivity contribution in [1.82, 2.24) is 14.9 Å². The molecule has 0 saturated carbocycles. The number of nitrogens with zero attached hydrogens (tertiary/aromatic N) is 3. The zero-order valence-electron chi connectivity index (χ0n) is 11.8. The summed E-state index contributed by atoms with van der Waals surface area (Å²) in [7, 11) is -3.76. The minimum Gasteiger partial charge on any atom is -0.493 e. The van der Waals surface area contributed by atoms with Gasteiger partial charge in [-0.05, 0) is 19.1 Å². The summed E-state index contributed by atoms with van der Waals surface area (Å²) in [6.45, 7) is 2.39. The largest absolute Gasteiger partial charge is 0.493 e. The minimum absolute atomic E-state index is 0.167. The molecule has 7 nitrogen and oxygen atoms in total. The van der Waals surface area contributed by atoms with Crippen LogP contribution in [0, 0.1) is 0 Å². The molecular weight excluding hydrogens is 304 g/mol. The topological polar surface area (TPSA) is 86.1 Å². The molecule has 0 aliphatic heterocycles. The maximum absolute atomic E-state index is 12.6. The summed E-state index contributed by atoms with van der Waals surface area (Å²) in [6, 6.07) is 10.4. The Morgan fingerprint density at radius 3 is 2.45 bits per heavy atom. The third kappa shape index (κ3) is 2.60. The number of ether oxygens (including phenoxy) is 1. The molecular formula is C14H14N4O3S. The first-order chi connectivity index (χ1) is 10.6. The molecule has 0 amide bonds. The van der Waals surface area contributed by atoms with E-state index in [1.54, 1.807) is 18.2 Å². The van der Waals surface area contributed by atoms with Crippen LogP contribution in [-0.4, -0.2) is 29.9 Å². The van der Waals surface area contributed by atoms with E-state index < -0.39 is 10.0 Å². The van der Waals surface area contributed by atoms with Crippen LogP contribution in [-0.2, 0) is 10.0 Å². The fraction of sp³-hybridized carbons (Fsp3) is 0.143. The summed E-state index contributed by atoms with van der Waals surface area (Å²) < 4.78 is 31.8. The molecule has 22 heavy (non-hydrogen) atoms. The number of hydrogen-bond donors (Lipinski definition) is 1. The van der Waals surface area contributed by atoms with Crippen molar-refractivity contribution < 1.29 is 13.2 Å². The summed E-state index contributed by atoms with van der Waals surface area (Å²) >= 11 is 0. The van der Waals surface area contributed by atoms with Crippen LogP contribution in [0.4, 0.5) is 0 Å². The standard InChI is InChI=1S/C14H14N4O3S/c1-2-21-13-7-8-14(12-6-4-3-5-11(12)13)22(19,20)17-18-9-15-16-10-18/h3-10,17H,2H2,1H3. The lowest BCUT2D eigenvalue weighted by molar-refractivity contribution is 0.344.